The molecular formula is C21H31N5O6. The largest absolute Gasteiger partial charge is 0.604 e. The summed E-state index contributed by atoms with van der Waals surface area (Å²) in [6, 6.07) is 5.78. The number of nitrogens with two attached hydrogens (primary N) is 1. The van der Waals surface area contributed by atoms with Crippen LogP contribution in [0, 0.1) is 11.1 Å². The van der Waals surface area contributed by atoms with Crippen LogP contribution in [0.3, 0.4) is 0 Å². The number of primary amides is 1. The van der Waals surface area contributed by atoms with Crippen molar-refractivity contribution in [3.8, 4) is 5.75 Å². The van der Waals surface area contributed by atoms with Crippen LogP contribution < -0.4 is 20.7 Å². The van der Waals surface area contributed by atoms with Gasteiger partial charge in [-0.3, -0.25) is 14.9 Å². The van der Waals surface area contributed by atoms with Crippen molar-refractivity contribution in [2.24, 2.45) is 11.7 Å². The molecule has 0 aliphatic carbocycles. The maximum absolute atomic E-state index is 14.3. The van der Waals surface area contributed by atoms with Gasteiger partial charge in [0.1, 0.15) is 30.5 Å². The SMILES string of the molecule is COc1cccc(N(C(N)=O)C2CCC(=O)N3CNCC(C(=O)OC(C)(C)C)C[N+]23[O-])c1. The molecule has 2 saturated heterocycles. The molecule has 0 bridgehead atoms. The van der Waals surface area contributed by atoms with Crippen LogP contribution >= 0.6 is 0 Å². The predicted octanol–water partition coefficient (Wildman–Crippen LogP) is 1.28. The number of nitrogens with one attached hydrogen (secondary N) is 1. The van der Waals surface area contributed by atoms with Gasteiger partial charge in [0.2, 0.25) is 0 Å². The Labute approximate surface area is 187 Å². The Bertz CT molecular complexity index is 888. The lowest BCUT2D eigenvalue weighted by molar-refractivity contribution is -1.00. The Morgan fingerprint density at radius 3 is 2.69 bits per heavy atom. The van der Waals surface area contributed by atoms with Gasteiger partial charge < -0.3 is 20.4 Å². The summed E-state index contributed by atoms with van der Waals surface area (Å²) >= 11 is 0. The number of fused-ring (bicyclic) bond motifs is 1. The zero-order chi connectivity index (χ0) is 23.7. The van der Waals surface area contributed by atoms with E-state index in [-0.39, 0.29) is 38.5 Å². The molecular weight excluding hydrogens is 418 g/mol. The van der Waals surface area contributed by atoms with Gasteiger partial charge in [-0.05, 0) is 32.9 Å². The Balaban J connectivity index is 2.01. The molecule has 0 spiro atoms. The summed E-state index contributed by atoms with van der Waals surface area (Å²) in [5.41, 5.74) is 5.35. The first-order valence-corrected chi connectivity index (χ1v) is 10.5. The molecule has 3 amide bonds. The van der Waals surface area contributed by atoms with Crippen LogP contribution in [0.25, 0.3) is 0 Å². The third-order valence-corrected chi connectivity index (χ3v) is 5.52. The standard InChI is InChI=1S/C21H31N5O6/c1-21(2,3)32-19(28)14-11-23-13-24-18(27)9-8-17(26(24,30)12-14)25(20(22)29)15-6-5-7-16(10-15)31-4/h5-7,10,14,17,23H,8-9,11-13H2,1-4H3,(H2,22,29). The molecule has 2 aliphatic rings. The highest BCUT2D eigenvalue weighted by molar-refractivity contribution is 5.91. The van der Waals surface area contributed by atoms with Gasteiger partial charge in [-0.2, -0.15) is 5.01 Å². The van der Waals surface area contributed by atoms with E-state index in [4.69, 9.17) is 15.2 Å². The Kier molecular flexibility index (Phi) is 6.63. The van der Waals surface area contributed by atoms with Crippen molar-refractivity contribution < 1.29 is 28.6 Å². The number of quaternary nitrogens is 1. The lowest BCUT2D eigenvalue weighted by Crippen LogP contribution is -2.73. The smallest absolute Gasteiger partial charge is 0.323 e. The van der Waals surface area contributed by atoms with Crippen LogP contribution in [-0.2, 0) is 14.3 Å². The van der Waals surface area contributed by atoms with E-state index >= 15 is 0 Å². The second-order valence-corrected chi connectivity index (χ2v) is 9.00. The van der Waals surface area contributed by atoms with Gasteiger partial charge in [-0.1, -0.05) is 6.07 Å². The fourth-order valence-corrected chi connectivity index (χ4v) is 4.15. The van der Waals surface area contributed by atoms with Crippen molar-refractivity contribution in [1.82, 2.24) is 10.3 Å². The normalized spacial score (nSPS) is 26.0. The summed E-state index contributed by atoms with van der Waals surface area (Å²) in [4.78, 5) is 39.2. The number of nitrogens with zero attached hydrogens (tertiary/aromatic N) is 3. The van der Waals surface area contributed by atoms with E-state index in [2.05, 4.69) is 5.32 Å². The van der Waals surface area contributed by atoms with E-state index in [0.29, 0.717) is 11.4 Å². The third-order valence-electron chi connectivity index (χ3n) is 5.52. The number of urea groups is 1. The maximum Gasteiger partial charge on any atom is 0.323 e. The molecule has 1 aromatic rings. The van der Waals surface area contributed by atoms with Crippen molar-refractivity contribution in [3.05, 3.63) is 29.5 Å². The number of carbonyl (C=O) groups excluding carboxylic acids is 3. The highest BCUT2D eigenvalue weighted by Crippen LogP contribution is 2.35. The molecule has 3 atom stereocenters. The summed E-state index contributed by atoms with van der Waals surface area (Å²) in [5.74, 6) is -1.23. The molecule has 0 radical (unpaired) electrons. The average molecular weight is 450 g/mol. The highest BCUT2D eigenvalue weighted by Gasteiger charge is 2.51. The molecule has 2 fully saturated rings. The number of anilines is 1. The van der Waals surface area contributed by atoms with Crippen LogP contribution in [0.5, 0.6) is 5.75 Å². The minimum atomic E-state index is -1.21. The molecule has 3 rings (SSSR count). The summed E-state index contributed by atoms with van der Waals surface area (Å²) in [6.07, 6.45) is -0.874. The number of ether oxygens (including phenoxy) is 2. The Morgan fingerprint density at radius 2 is 2.06 bits per heavy atom. The number of esters is 1. The van der Waals surface area contributed by atoms with Gasteiger partial charge >= 0.3 is 12.0 Å². The van der Waals surface area contributed by atoms with Gasteiger partial charge in [-0.15, -0.1) is 0 Å². The number of carbonyl (C=O) groups is 3. The van der Waals surface area contributed by atoms with Crippen molar-refractivity contribution in [3.63, 3.8) is 0 Å². The van der Waals surface area contributed by atoms with Crippen molar-refractivity contribution in [2.75, 3.05) is 31.8 Å². The van der Waals surface area contributed by atoms with Crippen LogP contribution in [0.15, 0.2) is 24.3 Å². The first-order chi connectivity index (χ1) is 15.0. The predicted molar refractivity (Wildman–Crippen MR) is 116 cm³/mol. The molecule has 2 aliphatic heterocycles. The fraction of sp³-hybridized carbons (Fsp3) is 0.571. The van der Waals surface area contributed by atoms with E-state index in [1.165, 1.54) is 12.0 Å². The summed E-state index contributed by atoms with van der Waals surface area (Å²) in [7, 11) is 1.49. The molecule has 11 heteroatoms. The molecule has 0 aromatic heterocycles. The lowest BCUT2D eigenvalue weighted by Gasteiger charge is -2.57. The number of amides is 3. The number of benzene rings is 1. The third kappa shape index (κ3) is 4.79. The number of rotatable bonds is 4. The number of methoxy groups -OCH3 is 1. The van der Waals surface area contributed by atoms with E-state index in [0.717, 1.165) is 5.01 Å². The second kappa shape index (κ2) is 8.93. The molecule has 1 aromatic carbocycles. The van der Waals surface area contributed by atoms with Crippen LogP contribution in [0.1, 0.15) is 33.6 Å². The van der Waals surface area contributed by atoms with Crippen LogP contribution in [-0.4, -0.2) is 66.3 Å². The van der Waals surface area contributed by atoms with E-state index < -0.39 is 34.4 Å². The fourth-order valence-electron chi connectivity index (χ4n) is 4.15. The molecule has 32 heavy (non-hydrogen) atoms. The Morgan fingerprint density at radius 1 is 1.34 bits per heavy atom. The maximum atomic E-state index is 14.3. The number of hydrogen-bond acceptors (Lipinski definition) is 7. The topological polar surface area (TPSA) is 137 Å². The Hall–Kier alpha value is -2.89. The molecule has 0 saturated carbocycles. The van der Waals surface area contributed by atoms with Crippen molar-refractivity contribution in [2.45, 2.75) is 45.4 Å². The van der Waals surface area contributed by atoms with Crippen LogP contribution in [0.2, 0.25) is 0 Å². The molecule has 176 valence electrons. The lowest BCUT2D eigenvalue weighted by atomic mass is 10.1. The second-order valence-electron chi connectivity index (χ2n) is 9.00. The summed E-state index contributed by atoms with van der Waals surface area (Å²) in [5, 5.41) is 18.5. The zero-order valence-electron chi connectivity index (χ0n) is 18.9. The molecule has 3 N–H and O–H groups in total. The van der Waals surface area contributed by atoms with E-state index in [1.54, 1.807) is 45.0 Å². The van der Waals surface area contributed by atoms with Gasteiger partial charge in [0.15, 0.2) is 6.17 Å². The quantitative estimate of drug-likeness (QED) is 0.401. The minimum absolute atomic E-state index is 0.0527. The van der Waals surface area contributed by atoms with E-state index in [1.807, 2.05) is 0 Å². The van der Waals surface area contributed by atoms with Crippen molar-refractivity contribution in [1.29, 1.82) is 0 Å². The monoisotopic (exact) mass is 449 g/mol. The summed E-state index contributed by atoms with van der Waals surface area (Å²) in [6.45, 7) is 5.08. The molecule has 3 unspecified atom stereocenters. The molecule has 11 nitrogen and oxygen atoms in total. The van der Waals surface area contributed by atoms with Gasteiger partial charge in [-0.25, -0.2) is 14.4 Å². The number of hydroxylamine groups is 2. The van der Waals surface area contributed by atoms with Crippen LogP contribution in [0.4, 0.5) is 10.5 Å². The average Bonchev–Trinajstić information content (AvgIpc) is 2.89. The van der Waals surface area contributed by atoms with Gasteiger partial charge in [0.25, 0.3) is 5.91 Å². The van der Waals surface area contributed by atoms with Gasteiger partial charge in [0, 0.05) is 25.5 Å². The highest BCUT2D eigenvalue weighted by atomic mass is 16.6. The van der Waals surface area contributed by atoms with Gasteiger partial charge in [0.05, 0.1) is 12.8 Å². The van der Waals surface area contributed by atoms with E-state index in [9.17, 15) is 19.6 Å². The first kappa shape index (κ1) is 23.8. The van der Waals surface area contributed by atoms with Crippen molar-refractivity contribution >= 4 is 23.6 Å². The zero-order valence-corrected chi connectivity index (χ0v) is 18.9. The first-order valence-electron chi connectivity index (χ1n) is 10.5. The molecule has 2 heterocycles. The minimum Gasteiger partial charge on any atom is -0.604 e. The summed E-state index contributed by atoms with van der Waals surface area (Å²) < 4.78 is 9.52. The number of hydrogen-bond donors (Lipinski definition) is 2.